The third-order valence-corrected chi connectivity index (χ3v) is 7.66. The van der Waals surface area contributed by atoms with Gasteiger partial charge in [0.15, 0.2) is 47.0 Å². The fourth-order valence-electron chi connectivity index (χ4n) is 5.26. The maximum atomic E-state index is 12.6. The van der Waals surface area contributed by atoms with Crippen LogP contribution in [0.3, 0.4) is 0 Å². The highest BCUT2D eigenvalue weighted by Crippen LogP contribution is 2.42. The first kappa shape index (κ1) is 31.9. The first-order chi connectivity index (χ1) is 23.5. The summed E-state index contributed by atoms with van der Waals surface area (Å²) >= 11 is 0. The van der Waals surface area contributed by atoms with Gasteiger partial charge in [0.1, 0.15) is 11.9 Å². The van der Waals surface area contributed by atoms with Crippen LogP contribution in [0.15, 0.2) is 83.4 Å². The number of hydrogen-bond acceptors (Lipinski definition) is 12. The second kappa shape index (κ2) is 14.1. The van der Waals surface area contributed by atoms with E-state index in [0.717, 1.165) is 16.8 Å². The molecule has 1 aliphatic rings. The van der Waals surface area contributed by atoms with E-state index in [-0.39, 0.29) is 12.6 Å². The van der Waals surface area contributed by atoms with E-state index in [1.165, 1.54) is 0 Å². The number of hydroxylamine groups is 1. The van der Waals surface area contributed by atoms with Gasteiger partial charge in [-0.3, -0.25) is 4.79 Å². The number of ether oxygens (including phenoxy) is 6. The molecule has 0 spiro atoms. The van der Waals surface area contributed by atoms with Crippen LogP contribution < -0.4 is 49.4 Å². The fourth-order valence-corrected chi connectivity index (χ4v) is 5.26. The number of benzene rings is 4. The van der Waals surface area contributed by atoms with Gasteiger partial charge in [0.05, 0.1) is 41.1 Å². The van der Waals surface area contributed by atoms with Crippen LogP contribution in [0.4, 0.5) is 5.69 Å². The molecule has 0 aliphatic carbocycles. The van der Waals surface area contributed by atoms with Crippen molar-refractivity contribution in [1.82, 2.24) is 16.0 Å². The molecule has 1 amide bonds. The third-order valence-electron chi connectivity index (χ3n) is 7.66. The Hall–Kier alpha value is -6.08. The summed E-state index contributed by atoms with van der Waals surface area (Å²) in [5.74, 6) is 3.66. The van der Waals surface area contributed by atoms with Gasteiger partial charge < -0.3 is 48.4 Å². The Balaban J connectivity index is 1.12. The van der Waals surface area contributed by atoms with Gasteiger partial charge in [-0.25, -0.2) is 0 Å². The Morgan fingerprint density at radius 3 is 2.15 bits per heavy atom. The summed E-state index contributed by atoms with van der Waals surface area (Å²) in [5, 5.41) is 10.5. The number of nitrogens with zero attached hydrogens (tertiary/aromatic N) is 1. The van der Waals surface area contributed by atoms with Crippen molar-refractivity contribution in [3.05, 3.63) is 90.0 Å². The molecule has 0 saturated carbocycles. The van der Waals surface area contributed by atoms with E-state index in [9.17, 15) is 4.79 Å². The standard InChI is InChI=1S/C35H34N4O9/c1-41-26-12-10-20(28-18-25(39-48-28)22-16-31(43-3)33(45-5)32(17-22)44-4)14-30(26)47-36-19-46-27-13-11-21(15-29(27)42-2)34-37-24-9-7-6-8-23(24)35(40)38-34/h6-18,34,36-37H,19H2,1-5H3,(H,38,40). The molecule has 6 rings (SSSR count). The summed E-state index contributed by atoms with van der Waals surface area (Å²) in [4.78, 5) is 18.4. The Kier molecular flexibility index (Phi) is 9.39. The molecule has 248 valence electrons. The Labute approximate surface area is 276 Å². The summed E-state index contributed by atoms with van der Waals surface area (Å²) < 4.78 is 39.0. The lowest BCUT2D eigenvalue weighted by Crippen LogP contribution is -2.38. The topological polar surface area (TPSA) is 144 Å². The molecule has 5 aromatic rings. The fraction of sp³-hybridized carbons (Fsp3) is 0.200. The van der Waals surface area contributed by atoms with E-state index in [0.29, 0.717) is 62.8 Å². The monoisotopic (exact) mass is 654 g/mol. The van der Waals surface area contributed by atoms with Crippen LogP contribution in [0, 0.1) is 0 Å². The number of fused-ring (bicyclic) bond motifs is 1. The first-order valence-corrected chi connectivity index (χ1v) is 14.8. The lowest BCUT2D eigenvalue weighted by Gasteiger charge is -2.28. The Morgan fingerprint density at radius 1 is 0.708 bits per heavy atom. The van der Waals surface area contributed by atoms with Crippen molar-refractivity contribution in [3.63, 3.8) is 0 Å². The minimum Gasteiger partial charge on any atom is -0.493 e. The number of hydrogen-bond donors (Lipinski definition) is 3. The number of rotatable bonds is 13. The lowest BCUT2D eigenvalue weighted by atomic mass is 10.1. The predicted molar refractivity (Wildman–Crippen MR) is 176 cm³/mol. The molecule has 0 fully saturated rings. The quantitative estimate of drug-likeness (QED) is 0.0799. The smallest absolute Gasteiger partial charge is 0.255 e. The molecular formula is C35H34N4O9. The molecule has 13 heteroatoms. The highest BCUT2D eigenvalue weighted by molar-refractivity contribution is 6.01. The number of carbonyl (C=O) groups excluding carboxylic acids is 1. The van der Waals surface area contributed by atoms with E-state index >= 15 is 0 Å². The molecule has 13 nitrogen and oxygen atoms in total. The third kappa shape index (κ3) is 6.44. The predicted octanol–water partition coefficient (Wildman–Crippen LogP) is 5.83. The van der Waals surface area contributed by atoms with Crippen molar-refractivity contribution in [2.24, 2.45) is 0 Å². The van der Waals surface area contributed by atoms with Crippen LogP contribution in [0.2, 0.25) is 0 Å². The van der Waals surface area contributed by atoms with Crippen molar-refractivity contribution in [1.29, 1.82) is 0 Å². The van der Waals surface area contributed by atoms with Crippen molar-refractivity contribution in [3.8, 4) is 62.8 Å². The summed E-state index contributed by atoms with van der Waals surface area (Å²) in [7, 11) is 7.74. The van der Waals surface area contributed by atoms with Gasteiger partial charge in [-0.2, -0.15) is 0 Å². The van der Waals surface area contributed by atoms with E-state index < -0.39 is 6.17 Å². The lowest BCUT2D eigenvalue weighted by molar-refractivity contribution is 0.0935. The summed E-state index contributed by atoms with van der Waals surface area (Å²) in [6.45, 7) is -0.0253. The Bertz CT molecular complexity index is 1900. The molecule has 48 heavy (non-hydrogen) atoms. The van der Waals surface area contributed by atoms with Gasteiger partial charge in [0, 0.05) is 22.9 Å². The van der Waals surface area contributed by atoms with Crippen LogP contribution in [0.25, 0.3) is 22.6 Å². The molecule has 2 heterocycles. The van der Waals surface area contributed by atoms with E-state index in [1.807, 2.05) is 30.3 Å². The van der Waals surface area contributed by atoms with Gasteiger partial charge >= 0.3 is 0 Å². The molecule has 0 radical (unpaired) electrons. The maximum Gasteiger partial charge on any atom is 0.255 e. The number of aromatic nitrogens is 1. The average molecular weight is 655 g/mol. The molecule has 1 aliphatic heterocycles. The summed E-state index contributed by atoms with van der Waals surface area (Å²) in [5.41, 5.74) is 6.94. The summed E-state index contributed by atoms with van der Waals surface area (Å²) in [6.07, 6.45) is -0.432. The van der Waals surface area contributed by atoms with Gasteiger partial charge in [-0.05, 0) is 60.2 Å². The average Bonchev–Trinajstić information content (AvgIpc) is 3.63. The summed E-state index contributed by atoms with van der Waals surface area (Å²) in [6, 6.07) is 23.5. The van der Waals surface area contributed by atoms with Crippen LogP contribution in [0.1, 0.15) is 22.1 Å². The minimum atomic E-state index is -0.432. The van der Waals surface area contributed by atoms with Crippen molar-refractivity contribution >= 4 is 11.6 Å². The SMILES string of the molecule is COc1cc(C2NC(=O)c3ccccc3N2)ccc1OCNOc1cc(-c2cc(-c3cc(OC)c(OC)c(OC)c3)no2)ccc1OC. The normalized spacial score (nSPS) is 13.4. The molecule has 1 atom stereocenters. The van der Waals surface area contributed by atoms with Crippen LogP contribution in [-0.2, 0) is 0 Å². The number of methoxy groups -OCH3 is 5. The molecule has 0 saturated heterocycles. The zero-order valence-electron chi connectivity index (χ0n) is 26.9. The Morgan fingerprint density at radius 2 is 1.42 bits per heavy atom. The second-order valence-corrected chi connectivity index (χ2v) is 10.4. The molecule has 0 bridgehead atoms. The number of nitrogens with one attached hydrogen (secondary N) is 3. The van der Waals surface area contributed by atoms with E-state index in [1.54, 1.807) is 84.1 Å². The molecule has 1 aromatic heterocycles. The zero-order valence-corrected chi connectivity index (χ0v) is 26.9. The molecular weight excluding hydrogens is 620 g/mol. The van der Waals surface area contributed by atoms with Crippen molar-refractivity contribution < 1.29 is 42.6 Å². The van der Waals surface area contributed by atoms with E-state index in [4.69, 9.17) is 37.8 Å². The molecule has 1 unspecified atom stereocenters. The minimum absolute atomic E-state index is 0.0253. The van der Waals surface area contributed by atoms with Gasteiger partial charge in [-0.1, -0.05) is 23.4 Å². The molecule has 3 N–H and O–H groups in total. The second-order valence-electron chi connectivity index (χ2n) is 10.4. The number of para-hydroxylation sites is 1. The number of anilines is 1. The van der Waals surface area contributed by atoms with Crippen LogP contribution in [-0.4, -0.2) is 53.3 Å². The molecule has 4 aromatic carbocycles. The highest BCUT2D eigenvalue weighted by atomic mass is 16.7. The van der Waals surface area contributed by atoms with E-state index in [2.05, 4.69) is 21.3 Å². The largest absolute Gasteiger partial charge is 0.493 e. The van der Waals surface area contributed by atoms with Gasteiger partial charge in [-0.15, -0.1) is 5.48 Å². The number of carbonyl (C=O) groups is 1. The zero-order chi connectivity index (χ0) is 33.6. The van der Waals surface area contributed by atoms with Crippen LogP contribution >= 0.6 is 0 Å². The first-order valence-electron chi connectivity index (χ1n) is 14.8. The maximum absolute atomic E-state index is 12.6. The van der Waals surface area contributed by atoms with Gasteiger partial charge in [0.2, 0.25) is 5.75 Å². The van der Waals surface area contributed by atoms with Crippen LogP contribution in [0.5, 0.6) is 40.2 Å². The van der Waals surface area contributed by atoms with Gasteiger partial charge in [0.25, 0.3) is 5.91 Å². The van der Waals surface area contributed by atoms with Crippen molar-refractivity contribution in [2.45, 2.75) is 6.17 Å². The highest BCUT2D eigenvalue weighted by Gasteiger charge is 2.25. The number of amides is 1. The van der Waals surface area contributed by atoms with Crippen molar-refractivity contribution in [2.75, 3.05) is 47.6 Å².